The van der Waals surface area contributed by atoms with Crippen molar-refractivity contribution in [1.29, 1.82) is 0 Å². The fourth-order valence-corrected chi connectivity index (χ4v) is 2.67. The van der Waals surface area contributed by atoms with E-state index in [0.29, 0.717) is 11.3 Å². The number of hydrogen-bond donors (Lipinski definition) is 2. The summed E-state index contributed by atoms with van der Waals surface area (Å²) >= 11 is 0. The number of rotatable bonds is 6. The van der Waals surface area contributed by atoms with E-state index in [1.807, 2.05) is 0 Å². The molecular formula is C20H18F2N2O4. The summed E-state index contributed by atoms with van der Waals surface area (Å²) in [6.45, 7) is 0.147. The largest absolute Gasteiger partial charge is 0.508 e. The number of carbonyl (C=O) groups excluding carboxylic acids is 1. The monoisotopic (exact) mass is 388 g/mol. The van der Waals surface area contributed by atoms with Crippen LogP contribution in [-0.2, 0) is 13.1 Å². The zero-order valence-corrected chi connectivity index (χ0v) is 15.0. The number of nitrogens with one attached hydrogen (secondary N) is 1. The Morgan fingerprint density at radius 2 is 1.86 bits per heavy atom. The number of benzene rings is 2. The molecule has 0 bridgehead atoms. The van der Waals surface area contributed by atoms with E-state index in [-0.39, 0.29) is 24.5 Å². The molecule has 0 radical (unpaired) electrons. The molecule has 0 aliphatic heterocycles. The van der Waals surface area contributed by atoms with Crippen LogP contribution in [0.5, 0.6) is 11.5 Å². The van der Waals surface area contributed by atoms with Gasteiger partial charge in [-0.05, 0) is 18.2 Å². The zero-order valence-electron chi connectivity index (χ0n) is 15.0. The number of methoxy groups -OCH3 is 1. The molecule has 3 aromatic rings. The molecule has 1 heterocycles. The molecule has 3 rings (SSSR count). The van der Waals surface area contributed by atoms with E-state index in [1.54, 1.807) is 30.3 Å². The Bertz CT molecular complexity index is 938. The van der Waals surface area contributed by atoms with Crippen LogP contribution in [0.2, 0.25) is 0 Å². The van der Waals surface area contributed by atoms with Crippen molar-refractivity contribution in [3.63, 3.8) is 0 Å². The van der Waals surface area contributed by atoms with Crippen LogP contribution in [0.1, 0.15) is 11.3 Å². The standard InChI is InChI=1S/C20H18F2N2O4/c1-27-19-16(21)9-14(10-17(19)22)23-20(26)24(12-15-6-4-8-28-15)11-13-5-2-3-7-18(13)25/h2-10,25H,11-12H2,1H3,(H,23,26). The SMILES string of the molecule is COc1c(F)cc(NC(=O)N(Cc2ccco2)Cc2ccccc2O)cc1F. The molecule has 0 saturated heterocycles. The van der Waals surface area contributed by atoms with Crippen molar-refractivity contribution in [3.8, 4) is 11.5 Å². The summed E-state index contributed by atoms with van der Waals surface area (Å²) in [7, 11) is 1.15. The van der Waals surface area contributed by atoms with E-state index in [2.05, 4.69) is 10.1 Å². The Kier molecular flexibility index (Phi) is 5.78. The van der Waals surface area contributed by atoms with Gasteiger partial charge < -0.3 is 24.5 Å². The minimum atomic E-state index is -0.934. The van der Waals surface area contributed by atoms with Gasteiger partial charge in [0.1, 0.15) is 11.5 Å². The topological polar surface area (TPSA) is 74.9 Å². The molecule has 0 aliphatic carbocycles. The average molecular weight is 388 g/mol. The Morgan fingerprint density at radius 3 is 2.46 bits per heavy atom. The maximum absolute atomic E-state index is 13.9. The third kappa shape index (κ3) is 4.40. The summed E-state index contributed by atoms with van der Waals surface area (Å²) in [5.74, 6) is -1.86. The van der Waals surface area contributed by atoms with Gasteiger partial charge in [0.2, 0.25) is 0 Å². The molecule has 0 unspecified atom stereocenters. The highest BCUT2D eigenvalue weighted by molar-refractivity contribution is 5.89. The molecule has 0 fully saturated rings. The van der Waals surface area contributed by atoms with Crippen molar-refractivity contribution in [2.45, 2.75) is 13.1 Å². The number of phenolic OH excluding ortho intramolecular Hbond substituents is 1. The Hall–Kier alpha value is -3.55. The van der Waals surface area contributed by atoms with Gasteiger partial charge >= 0.3 is 6.03 Å². The van der Waals surface area contributed by atoms with Crippen LogP contribution in [-0.4, -0.2) is 23.1 Å². The van der Waals surface area contributed by atoms with Crippen molar-refractivity contribution in [3.05, 3.63) is 77.8 Å². The second-order valence-electron chi connectivity index (χ2n) is 5.97. The number of ether oxygens (including phenoxy) is 1. The highest BCUT2D eigenvalue weighted by Crippen LogP contribution is 2.26. The van der Waals surface area contributed by atoms with Gasteiger partial charge in [0.25, 0.3) is 0 Å². The first-order valence-electron chi connectivity index (χ1n) is 8.36. The molecule has 0 aliphatic rings. The maximum Gasteiger partial charge on any atom is 0.322 e. The lowest BCUT2D eigenvalue weighted by atomic mass is 10.2. The van der Waals surface area contributed by atoms with E-state index in [9.17, 15) is 18.7 Å². The first kappa shape index (κ1) is 19.2. The van der Waals surface area contributed by atoms with Crippen molar-refractivity contribution < 1.29 is 27.8 Å². The first-order chi connectivity index (χ1) is 13.5. The van der Waals surface area contributed by atoms with Gasteiger partial charge in [-0.15, -0.1) is 0 Å². The minimum absolute atomic E-state index is 0.0290. The smallest absolute Gasteiger partial charge is 0.322 e. The molecule has 8 heteroatoms. The first-order valence-corrected chi connectivity index (χ1v) is 8.36. The highest BCUT2D eigenvalue weighted by atomic mass is 19.1. The lowest BCUT2D eigenvalue weighted by molar-refractivity contribution is 0.200. The van der Waals surface area contributed by atoms with Gasteiger partial charge in [0.05, 0.1) is 26.5 Å². The highest BCUT2D eigenvalue weighted by Gasteiger charge is 2.19. The fourth-order valence-electron chi connectivity index (χ4n) is 2.67. The predicted octanol–water partition coefficient (Wildman–Crippen LogP) is 4.51. The Morgan fingerprint density at radius 1 is 1.14 bits per heavy atom. The molecule has 2 N–H and O–H groups in total. The zero-order chi connectivity index (χ0) is 20.1. The lowest BCUT2D eigenvalue weighted by Gasteiger charge is -2.23. The quantitative estimate of drug-likeness (QED) is 0.652. The Balaban J connectivity index is 1.83. The number of phenols is 1. The summed E-state index contributed by atoms with van der Waals surface area (Å²) in [5, 5.41) is 12.4. The molecule has 28 heavy (non-hydrogen) atoms. The van der Waals surface area contributed by atoms with Gasteiger partial charge in [-0.2, -0.15) is 0 Å². The van der Waals surface area contributed by atoms with Gasteiger partial charge in [0, 0.05) is 23.4 Å². The van der Waals surface area contributed by atoms with Gasteiger partial charge in [0.15, 0.2) is 17.4 Å². The summed E-state index contributed by atoms with van der Waals surface area (Å²) in [4.78, 5) is 14.1. The number of amides is 2. The van der Waals surface area contributed by atoms with Crippen molar-refractivity contribution in [1.82, 2.24) is 4.90 Å². The second-order valence-corrected chi connectivity index (χ2v) is 5.97. The molecule has 146 valence electrons. The molecule has 1 aromatic heterocycles. The third-order valence-electron chi connectivity index (χ3n) is 4.02. The summed E-state index contributed by atoms with van der Waals surface area (Å²) in [6, 6.07) is 11.2. The van der Waals surface area contributed by atoms with Crippen LogP contribution >= 0.6 is 0 Å². The number of aromatic hydroxyl groups is 1. The number of furan rings is 1. The number of anilines is 1. The van der Waals surface area contributed by atoms with Crippen LogP contribution < -0.4 is 10.1 Å². The number of urea groups is 1. The molecule has 0 spiro atoms. The van der Waals surface area contributed by atoms with Crippen molar-refractivity contribution >= 4 is 11.7 Å². The summed E-state index contributed by atoms with van der Waals surface area (Å²) in [5.41, 5.74) is 0.443. The summed E-state index contributed by atoms with van der Waals surface area (Å²) in [6.07, 6.45) is 1.47. The van der Waals surface area contributed by atoms with Crippen LogP contribution in [0.25, 0.3) is 0 Å². The van der Waals surface area contributed by atoms with E-state index in [4.69, 9.17) is 4.42 Å². The van der Waals surface area contributed by atoms with E-state index in [0.717, 1.165) is 19.2 Å². The van der Waals surface area contributed by atoms with Crippen molar-refractivity contribution in [2.75, 3.05) is 12.4 Å². The third-order valence-corrected chi connectivity index (χ3v) is 4.02. The molecule has 2 aromatic carbocycles. The fraction of sp³-hybridized carbons (Fsp3) is 0.150. The molecule has 2 amide bonds. The van der Waals surface area contributed by atoms with Crippen molar-refractivity contribution in [2.24, 2.45) is 0 Å². The lowest BCUT2D eigenvalue weighted by Crippen LogP contribution is -2.34. The number of halogens is 2. The summed E-state index contributed by atoms with van der Waals surface area (Å²) < 4.78 is 37.7. The number of para-hydroxylation sites is 1. The average Bonchev–Trinajstić information content (AvgIpc) is 3.16. The van der Waals surface area contributed by atoms with Crippen LogP contribution in [0.3, 0.4) is 0 Å². The van der Waals surface area contributed by atoms with E-state index >= 15 is 0 Å². The predicted molar refractivity (Wildman–Crippen MR) is 98.0 cm³/mol. The maximum atomic E-state index is 13.9. The number of carbonyl (C=O) groups is 1. The van der Waals surface area contributed by atoms with Gasteiger partial charge in [-0.3, -0.25) is 0 Å². The Labute approximate surface area is 160 Å². The van der Waals surface area contributed by atoms with Gasteiger partial charge in [-0.25, -0.2) is 13.6 Å². The molecule has 0 saturated carbocycles. The van der Waals surface area contributed by atoms with Crippen LogP contribution in [0, 0.1) is 11.6 Å². The normalized spacial score (nSPS) is 10.5. The van der Waals surface area contributed by atoms with E-state index < -0.39 is 23.4 Å². The van der Waals surface area contributed by atoms with E-state index in [1.165, 1.54) is 17.2 Å². The van der Waals surface area contributed by atoms with Crippen LogP contribution in [0.4, 0.5) is 19.3 Å². The molecular weight excluding hydrogens is 370 g/mol. The number of nitrogens with zero attached hydrogens (tertiary/aromatic N) is 1. The van der Waals surface area contributed by atoms with Gasteiger partial charge in [-0.1, -0.05) is 18.2 Å². The minimum Gasteiger partial charge on any atom is -0.508 e. The molecule has 6 nitrogen and oxygen atoms in total. The second kappa shape index (κ2) is 8.43. The number of hydrogen-bond acceptors (Lipinski definition) is 4. The molecule has 0 atom stereocenters. The van der Waals surface area contributed by atoms with Crippen LogP contribution in [0.15, 0.2) is 59.2 Å².